The molecule has 1 N–H and O–H groups in total. The van der Waals surface area contributed by atoms with Crippen LogP contribution in [0.4, 0.5) is 11.4 Å². The summed E-state index contributed by atoms with van der Waals surface area (Å²) >= 11 is 4.46. The lowest BCUT2D eigenvalue weighted by atomic mass is 10.2. The van der Waals surface area contributed by atoms with Gasteiger partial charge in [0.2, 0.25) is 11.7 Å². The van der Waals surface area contributed by atoms with E-state index in [-0.39, 0.29) is 29.1 Å². The lowest BCUT2D eigenvalue weighted by molar-refractivity contribution is -0.383. The summed E-state index contributed by atoms with van der Waals surface area (Å²) < 4.78 is 8.01. The number of carbonyl (C=O) groups is 1. The molecule has 146 valence electrons. The van der Waals surface area contributed by atoms with Gasteiger partial charge in [0.05, 0.1) is 10.7 Å². The van der Waals surface area contributed by atoms with Crippen LogP contribution in [0.15, 0.2) is 50.6 Å². The molecule has 0 unspecified atom stereocenters. The van der Waals surface area contributed by atoms with Crippen molar-refractivity contribution in [2.75, 3.05) is 11.1 Å². The summed E-state index contributed by atoms with van der Waals surface area (Å²) in [5.74, 6) is 0.769. The number of anilines is 1. The second-order valence-corrected chi connectivity index (χ2v) is 7.71. The van der Waals surface area contributed by atoms with E-state index in [0.29, 0.717) is 21.4 Å². The zero-order valence-corrected chi connectivity index (χ0v) is 17.4. The van der Waals surface area contributed by atoms with Gasteiger partial charge in [-0.1, -0.05) is 23.9 Å². The molecule has 0 saturated carbocycles. The van der Waals surface area contributed by atoms with Gasteiger partial charge in [0.25, 0.3) is 5.69 Å². The minimum absolute atomic E-state index is 0.0265. The maximum atomic E-state index is 12.3. The van der Waals surface area contributed by atoms with E-state index in [1.54, 1.807) is 24.3 Å². The molecule has 2 aromatic heterocycles. The molecule has 1 amide bonds. The molecule has 3 rings (SSSR count). The van der Waals surface area contributed by atoms with E-state index >= 15 is 0 Å². The fourth-order valence-corrected chi connectivity index (χ4v) is 3.67. The summed E-state index contributed by atoms with van der Waals surface area (Å²) in [5.41, 5.74) is 0.00132. The number of halogens is 1. The van der Waals surface area contributed by atoms with Crippen LogP contribution in [0.5, 0.6) is 0 Å². The molecule has 1 aromatic carbocycles. The first-order chi connectivity index (χ1) is 13.4. The third-order valence-electron chi connectivity index (χ3n) is 3.68. The maximum Gasteiger partial charge on any atom is 0.292 e. The normalized spacial score (nSPS) is 11.0. The third-order valence-corrected chi connectivity index (χ3v) is 5.05. The van der Waals surface area contributed by atoms with Gasteiger partial charge in [-0.2, -0.15) is 0 Å². The Bertz CT molecular complexity index is 1020. The molecule has 0 aliphatic heterocycles. The number of aromatic nitrogens is 3. The Labute approximate surface area is 172 Å². The summed E-state index contributed by atoms with van der Waals surface area (Å²) in [6.45, 7) is 3.95. The molecule has 0 saturated heterocycles. The predicted molar refractivity (Wildman–Crippen MR) is 108 cm³/mol. The van der Waals surface area contributed by atoms with Crippen LogP contribution in [-0.4, -0.2) is 31.3 Å². The number of amides is 1. The van der Waals surface area contributed by atoms with Crippen molar-refractivity contribution in [1.29, 1.82) is 0 Å². The Balaban J connectivity index is 1.74. The van der Waals surface area contributed by atoms with E-state index in [9.17, 15) is 14.9 Å². The molecule has 2 heterocycles. The van der Waals surface area contributed by atoms with Crippen LogP contribution in [0.2, 0.25) is 0 Å². The fourth-order valence-electron chi connectivity index (χ4n) is 2.50. The van der Waals surface area contributed by atoms with Crippen molar-refractivity contribution in [1.82, 2.24) is 14.8 Å². The molecule has 9 nitrogen and oxygen atoms in total. The first-order valence-corrected chi connectivity index (χ1v) is 10.0. The van der Waals surface area contributed by atoms with E-state index in [1.807, 2.05) is 18.4 Å². The number of hydrogen-bond acceptors (Lipinski definition) is 7. The van der Waals surface area contributed by atoms with E-state index in [4.69, 9.17) is 4.42 Å². The molecule has 0 aliphatic carbocycles. The number of para-hydroxylation sites is 2. The predicted octanol–water partition coefficient (Wildman–Crippen LogP) is 4.52. The molecule has 0 radical (unpaired) electrons. The van der Waals surface area contributed by atoms with Gasteiger partial charge in [-0.3, -0.25) is 19.5 Å². The van der Waals surface area contributed by atoms with Gasteiger partial charge < -0.3 is 9.73 Å². The summed E-state index contributed by atoms with van der Waals surface area (Å²) in [5, 5.41) is 22.5. The van der Waals surface area contributed by atoms with Crippen LogP contribution in [-0.2, 0) is 4.79 Å². The molecule has 0 fully saturated rings. The van der Waals surface area contributed by atoms with Crippen LogP contribution in [0, 0.1) is 10.1 Å². The van der Waals surface area contributed by atoms with Crippen molar-refractivity contribution in [3.05, 3.63) is 51.2 Å². The molecular formula is C17H16BrN5O4S. The highest BCUT2D eigenvalue weighted by Gasteiger charge is 2.21. The molecule has 0 atom stereocenters. The number of furan rings is 1. The van der Waals surface area contributed by atoms with Crippen molar-refractivity contribution in [2.24, 2.45) is 0 Å². The van der Waals surface area contributed by atoms with Gasteiger partial charge in [-0.05, 0) is 48.0 Å². The smallest absolute Gasteiger partial charge is 0.292 e. The van der Waals surface area contributed by atoms with Gasteiger partial charge in [-0.15, -0.1) is 10.2 Å². The van der Waals surface area contributed by atoms with Crippen molar-refractivity contribution in [2.45, 2.75) is 25.0 Å². The molecule has 0 aliphatic rings. The molecule has 0 bridgehead atoms. The van der Waals surface area contributed by atoms with Gasteiger partial charge in [0, 0.05) is 12.1 Å². The van der Waals surface area contributed by atoms with Gasteiger partial charge in [0.15, 0.2) is 15.6 Å². The summed E-state index contributed by atoms with van der Waals surface area (Å²) in [6.07, 6.45) is 0. The highest BCUT2D eigenvalue weighted by molar-refractivity contribution is 9.10. The number of nitrogens with one attached hydrogen (secondary N) is 1. The standard InChI is InChI=1S/C17H16BrN5O4S/c1-10(2)22-16(13-7-8-14(18)27-13)20-21-17(22)28-9-15(24)19-11-5-3-4-6-12(11)23(25)26/h3-8,10H,9H2,1-2H3,(H,19,24). The Morgan fingerprint density at radius 3 is 2.71 bits per heavy atom. The number of nitro benzene ring substituents is 1. The topological polar surface area (TPSA) is 116 Å². The van der Waals surface area contributed by atoms with Crippen molar-refractivity contribution in [3.8, 4) is 11.6 Å². The third kappa shape index (κ3) is 4.42. The average Bonchev–Trinajstić information content (AvgIpc) is 3.26. The first-order valence-electron chi connectivity index (χ1n) is 8.23. The summed E-state index contributed by atoms with van der Waals surface area (Å²) in [6, 6.07) is 9.58. The van der Waals surface area contributed by atoms with Crippen LogP contribution in [0.3, 0.4) is 0 Å². The quantitative estimate of drug-likeness (QED) is 0.309. The maximum absolute atomic E-state index is 12.3. The number of benzene rings is 1. The van der Waals surface area contributed by atoms with Crippen LogP contribution < -0.4 is 5.32 Å². The van der Waals surface area contributed by atoms with E-state index in [0.717, 1.165) is 0 Å². The fraction of sp³-hybridized carbons (Fsp3) is 0.235. The second kappa shape index (κ2) is 8.57. The molecule has 11 heteroatoms. The monoisotopic (exact) mass is 465 g/mol. The SMILES string of the molecule is CC(C)n1c(SCC(=O)Nc2ccccc2[N+](=O)[O-])nnc1-c1ccc(Br)o1. The number of nitrogens with zero attached hydrogens (tertiary/aromatic N) is 4. The Morgan fingerprint density at radius 2 is 2.07 bits per heavy atom. The highest BCUT2D eigenvalue weighted by atomic mass is 79.9. The lowest BCUT2D eigenvalue weighted by Crippen LogP contribution is -2.16. The molecular weight excluding hydrogens is 450 g/mol. The van der Waals surface area contributed by atoms with Crippen molar-refractivity contribution >= 4 is 45.0 Å². The van der Waals surface area contributed by atoms with Gasteiger partial charge >= 0.3 is 0 Å². The number of hydrogen-bond donors (Lipinski definition) is 1. The summed E-state index contributed by atoms with van der Waals surface area (Å²) in [7, 11) is 0. The van der Waals surface area contributed by atoms with Gasteiger partial charge in [-0.25, -0.2) is 0 Å². The Hall–Kier alpha value is -2.66. The second-order valence-electron chi connectivity index (χ2n) is 5.98. The minimum Gasteiger partial charge on any atom is -0.446 e. The zero-order valence-electron chi connectivity index (χ0n) is 15.0. The van der Waals surface area contributed by atoms with E-state index in [1.165, 1.54) is 23.9 Å². The molecule has 0 spiro atoms. The Morgan fingerprint density at radius 1 is 1.32 bits per heavy atom. The number of carbonyl (C=O) groups excluding carboxylic acids is 1. The number of rotatable bonds is 7. The van der Waals surface area contributed by atoms with Crippen LogP contribution in [0.1, 0.15) is 19.9 Å². The number of nitro groups is 1. The van der Waals surface area contributed by atoms with E-state index < -0.39 is 4.92 Å². The Kier molecular flexibility index (Phi) is 6.15. The zero-order chi connectivity index (χ0) is 20.3. The van der Waals surface area contributed by atoms with Crippen molar-refractivity contribution < 1.29 is 14.1 Å². The average molecular weight is 466 g/mol. The minimum atomic E-state index is -0.536. The summed E-state index contributed by atoms with van der Waals surface area (Å²) in [4.78, 5) is 22.8. The van der Waals surface area contributed by atoms with Crippen molar-refractivity contribution in [3.63, 3.8) is 0 Å². The molecule has 3 aromatic rings. The van der Waals surface area contributed by atoms with Gasteiger partial charge in [0.1, 0.15) is 5.69 Å². The number of thioether (sulfide) groups is 1. The first kappa shape index (κ1) is 20.1. The molecule has 28 heavy (non-hydrogen) atoms. The lowest BCUT2D eigenvalue weighted by Gasteiger charge is -2.12. The van der Waals surface area contributed by atoms with Crippen LogP contribution in [0.25, 0.3) is 11.6 Å². The largest absolute Gasteiger partial charge is 0.446 e. The van der Waals surface area contributed by atoms with E-state index in [2.05, 4.69) is 31.4 Å². The van der Waals surface area contributed by atoms with Crippen LogP contribution >= 0.6 is 27.7 Å². The highest BCUT2D eigenvalue weighted by Crippen LogP contribution is 2.30.